The number of rotatable bonds is 10. The molecule has 1 atom stereocenters. The number of aliphatic hydroxyl groups excluding tert-OH is 1. The lowest BCUT2D eigenvalue weighted by Gasteiger charge is -2.29. The van der Waals surface area contributed by atoms with Crippen molar-refractivity contribution >= 4 is 21.9 Å². The van der Waals surface area contributed by atoms with Gasteiger partial charge in [-0.15, -0.1) is 0 Å². The summed E-state index contributed by atoms with van der Waals surface area (Å²) in [5.74, 6) is -0.435. The third-order valence-electron chi connectivity index (χ3n) is 4.53. The molecule has 1 N–H and O–H groups in total. The molecular formula is C22H27NO4S. The first-order valence-corrected chi connectivity index (χ1v) is 10.8. The van der Waals surface area contributed by atoms with E-state index in [0.717, 1.165) is 18.4 Å². The predicted octanol–water partition coefficient (Wildman–Crippen LogP) is 3.81. The highest BCUT2D eigenvalue weighted by molar-refractivity contribution is 7.89. The highest BCUT2D eigenvalue weighted by atomic mass is 32.2. The van der Waals surface area contributed by atoms with E-state index < -0.39 is 22.4 Å². The number of benzene rings is 2. The van der Waals surface area contributed by atoms with Gasteiger partial charge >= 0.3 is 0 Å². The molecule has 0 spiro atoms. The van der Waals surface area contributed by atoms with Crippen LogP contribution >= 0.6 is 0 Å². The molecule has 0 fully saturated rings. The minimum Gasteiger partial charge on any atom is -0.388 e. The van der Waals surface area contributed by atoms with E-state index in [4.69, 9.17) is 5.11 Å². The van der Waals surface area contributed by atoms with E-state index in [1.807, 2.05) is 44.2 Å². The second-order valence-corrected chi connectivity index (χ2v) is 8.48. The van der Waals surface area contributed by atoms with E-state index in [-0.39, 0.29) is 10.9 Å². The molecule has 150 valence electrons. The Kier molecular flexibility index (Phi) is 8.11. The maximum Gasteiger partial charge on any atom is 0.243 e. The van der Waals surface area contributed by atoms with Gasteiger partial charge in [-0.05, 0) is 42.7 Å². The fourth-order valence-corrected chi connectivity index (χ4v) is 4.60. The summed E-state index contributed by atoms with van der Waals surface area (Å²) in [6.45, 7) is 3.78. The van der Waals surface area contributed by atoms with Crippen molar-refractivity contribution in [2.24, 2.45) is 0 Å². The monoisotopic (exact) mass is 401 g/mol. The molecule has 0 radical (unpaired) electrons. The number of aliphatic hydroxyl groups is 1. The SMILES string of the molecule is CCCCN(C(C)c1ccccc1)S(=O)(=O)c1cccc(/C=C/C(=O)CO)c1. The van der Waals surface area contributed by atoms with Crippen LogP contribution in [0.5, 0.6) is 0 Å². The standard InChI is InChI=1S/C22H27NO4S/c1-3-4-15-23(18(2)20-10-6-5-7-11-20)28(26,27)22-12-8-9-19(16-22)13-14-21(25)17-24/h5-14,16,18,24H,3-4,15,17H2,1-2H3/b14-13+. The third-order valence-corrected chi connectivity index (χ3v) is 6.49. The number of carbonyl (C=O) groups is 1. The Morgan fingerprint density at radius 1 is 1.14 bits per heavy atom. The molecule has 5 nitrogen and oxygen atoms in total. The Bertz CT molecular complexity index is 907. The van der Waals surface area contributed by atoms with E-state index in [9.17, 15) is 13.2 Å². The molecule has 28 heavy (non-hydrogen) atoms. The van der Waals surface area contributed by atoms with Gasteiger partial charge in [0.05, 0.1) is 4.90 Å². The predicted molar refractivity (Wildman–Crippen MR) is 111 cm³/mol. The van der Waals surface area contributed by atoms with Crippen LogP contribution in [0.2, 0.25) is 0 Å². The molecule has 2 aromatic rings. The summed E-state index contributed by atoms with van der Waals surface area (Å²) in [4.78, 5) is 11.5. The van der Waals surface area contributed by atoms with Crippen LogP contribution in [0.1, 0.15) is 43.9 Å². The lowest BCUT2D eigenvalue weighted by molar-refractivity contribution is -0.117. The summed E-state index contributed by atoms with van der Waals surface area (Å²) in [5, 5.41) is 8.82. The molecular weight excluding hydrogens is 374 g/mol. The maximum atomic E-state index is 13.4. The highest BCUT2D eigenvalue weighted by Gasteiger charge is 2.29. The summed E-state index contributed by atoms with van der Waals surface area (Å²) in [6, 6.07) is 15.8. The van der Waals surface area contributed by atoms with Crippen molar-refractivity contribution in [3.05, 3.63) is 71.8 Å². The largest absolute Gasteiger partial charge is 0.388 e. The molecule has 0 amide bonds. The first kappa shape index (κ1) is 22.0. The number of nitrogens with zero attached hydrogens (tertiary/aromatic N) is 1. The van der Waals surface area contributed by atoms with Crippen LogP contribution in [-0.2, 0) is 14.8 Å². The quantitative estimate of drug-likeness (QED) is 0.614. The van der Waals surface area contributed by atoms with Crippen LogP contribution in [0.15, 0.2) is 65.6 Å². The van der Waals surface area contributed by atoms with Crippen LogP contribution in [-0.4, -0.2) is 36.8 Å². The molecule has 0 bridgehead atoms. The smallest absolute Gasteiger partial charge is 0.243 e. The van der Waals surface area contributed by atoms with E-state index in [1.54, 1.807) is 24.3 Å². The van der Waals surface area contributed by atoms with E-state index >= 15 is 0 Å². The Morgan fingerprint density at radius 2 is 1.86 bits per heavy atom. The summed E-state index contributed by atoms with van der Waals surface area (Å²) in [5.41, 5.74) is 1.53. The van der Waals surface area contributed by atoms with Gasteiger partial charge in [0.1, 0.15) is 6.61 Å². The zero-order valence-electron chi connectivity index (χ0n) is 16.3. The summed E-state index contributed by atoms with van der Waals surface area (Å²) < 4.78 is 28.3. The molecule has 6 heteroatoms. The van der Waals surface area contributed by atoms with Crippen LogP contribution in [0.3, 0.4) is 0 Å². The number of hydrogen-bond acceptors (Lipinski definition) is 4. The molecule has 2 rings (SSSR count). The first-order valence-electron chi connectivity index (χ1n) is 9.38. The number of carbonyl (C=O) groups excluding carboxylic acids is 1. The van der Waals surface area contributed by atoms with Gasteiger partial charge in [-0.25, -0.2) is 8.42 Å². The second-order valence-electron chi connectivity index (χ2n) is 6.59. The molecule has 1 unspecified atom stereocenters. The summed E-state index contributed by atoms with van der Waals surface area (Å²) >= 11 is 0. The molecule has 0 aliphatic heterocycles. The van der Waals surface area contributed by atoms with Gasteiger partial charge in [0.15, 0.2) is 5.78 Å². The summed E-state index contributed by atoms with van der Waals surface area (Å²) in [7, 11) is -3.72. The molecule has 0 saturated carbocycles. The molecule has 0 heterocycles. The average Bonchev–Trinajstić information content (AvgIpc) is 2.72. The minimum absolute atomic E-state index is 0.185. The van der Waals surface area contributed by atoms with Crippen LogP contribution < -0.4 is 0 Å². The molecule has 0 aliphatic rings. The Balaban J connectivity index is 2.39. The Hall–Kier alpha value is -2.28. The lowest BCUT2D eigenvalue weighted by atomic mass is 10.1. The maximum absolute atomic E-state index is 13.4. The number of sulfonamides is 1. The topological polar surface area (TPSA) is 74.7 Å². The van der Waals surface area contributed by atoms with E-state index in [2.05, 4.69) is 0 Å². The fraction of sp³-hybridized carbons (Fsp3) is 0.318. The van der Waals surface area contributed by atoms with Crippen molar-refractivity contribution in [3.8, 4) is 0 Å². The molecule has 2 aromatic carbocycles. The van der Waals surface area contributed by atoms with Crippen molar-refractivity contribution in [1.29, 1.82) is 0 Å². The van der Waals surface area contributed by atoms with Crippen LogP contribution in [0.4, 0.5) is 0 Å². The normalized spacial score (nSPS) is 13.1. The van der Waals surface area contributed by atoms with Crippen LogP contribution in [0, 0.1) is 0 Å². The van der Waals surface area contributed by atoms with Gasteiger partial charge in [0, 0.05) is 12.6 Å². The summed E-state index contributed by atoms with van der Waals surface area (Å²) in [6.07, 6.45) is 4.41. The molecule has 0 saturated heterocycles. The fourth-order valence-electron chi connectivity index (χ4n) is 2.89. The van der Waals surface area contributed by atoms with Gasteiger partial charge in [-0.2, -0.15) is 4.31 Å². The van der Waals surface area contributed by atoms with Gasteiger partial charge in [-0.1, -0.05) is 61.9 Å². The van der Waals surface area contributed by atoms with Crippen molar-refractivity contribution in [1.82, 2.24) is 4.31 Å². The van der Waals surface area contributed by atoms with Gasteiger partial charge in [-0.3, -0.25) is 4.79 Å². The zero-order valence-corrected chi connectivity index (χ0v) is 17.1. The zero-order chi connectivity index (χ0) is 20.6. The van der Waals surface area contributed by atoms with Gasteiger partial charge < -0.3 is 5.11 Å². The number of unbranched alkanes of at least 4 members (excludes halogenated alkanes) is 1. The third kappa shape index (κ3) is 5.61. The van der Waals surface area contributed by atoms with Crippen molar-refractivity contribution in [2.75, 3.05) is 13.2 Å². The number of hydrogen-bond donors (Lipinski definition) is 1. The van der Waals surface area contributed by atoms with Crippen LogP contribution in [0.25, 0.3) is 6.08 Å². The van der Waals surface area contributed by atoms with E-state index in [1.165, 1.54) is 16.5 Å². The molecule has 0 aliphatic carbocycles. The average molecular weight is 402 g/mol. The van der Waals surface area contributed by atoms with Crippen molar-refractivity contribution < 1.29 is 18.3 Å². The lowest BCUT2D eigenvalue weighted by Crippen LogP contribution is -2.34. The Morgan fingerprint density at radius 3 is 2.50 bits per heavy atom. The first-order chi connectivity index (χ1) is 13.4. The Labute approximate surface area is 167 Å². The molecule has 0 aromatic heterocycles. The second kappa shape index (κ2) is 10.3. The van der Waals surface area contributed by atoms with Crippen molar-refractivity contribution in [2.45, 2.75) is 37.6 Å². The van der Waals surface area contributed by atoms with Crippen molar-refractivity contribution in [3.63, 3.8) is 0 Å². The minimum atomic E-state index is -3.72. The number of ketones is 1. The van der Waals surface area contributed by atoms with Gasteiger partial charge in [0.25, 0.3) is 0 Å². The highest BCUT2D eigenvalue weighted by Crippen LogP contribution is 2.28. The van der Waals surface area contributed by atoms with Gasteiger partial charge in [0.2, 0.25) is 10.0 Å². The van der Waals surface area contributed by atoms with E-state index in [0.29, 0.717) is 12.1 Å².